The maximum atomic E-state index is 9.01. The molecule has 1 aromatic heterocycles. The molecule has 0 aliphatic heterocycles. The van der Waals surface area contributed by atoms with E-state index < -0.39 is 0 Å². The van der Waals surface area contributed by atoms with Crippen molar-refractivity contribution in [1.29, 1.82) is 5.26 Å². The lowest BCUT2D eigenvalue weighted by Crippen LogP contribution is -2.13. The third-order valence-electron chi connectivity index (χ3n) is 2.42. The van der Waals surface area contributed by atoms with Crippen LogP contribution in [0.15, 0.2) is 0 Å². The maximum Gasteiger partial charge on any atom is 0.252 e. The van der Waals surface area contributed by atoms with Gasteiger partial charge in [-0.15, -0.1) is 5.10 Å². The number of rotatable bonds is 3. The molecule has 1 aromatic rings. The van der Waals surface area contributed by atoms with E-state index in [-0.39, 0.29) is 6.10 Å². The van der Waals surface area contributed by atoms with Crippen LogP contribution in [0, 0.1) is 25.2 Å². The Bertz CT molecular complexity index is 396. The van der Waals surface area contributed by atoms with Crippen LogP contribution < -0.4 is 4.74 Å². The van der Waals surface area contributed by atoms with Crippen LogP contribution in [0.1, 0.15) is 37.1 Å². The molecule has 0 radical (unpaired) electrons. The quantitative estimate of drug-likeness (QED) is 0.758. The SMILES string of the molecule is CCC(C)Oc1nnc(C)c(C)c1C#N. The molecule has 0 aliphatic carbocycles. The second-order valence-electron chi connectivity index (χ2n) is 3.54. The predicted octanol–water partition coefficient (Wildman–Crippen LogP) is 2.14. The molecule has 4 nitrogen and oxygen atoms in total. The minimum absolute atomic E-state index is 0.0495. The minimum Gasteiger partial charge on any atom is -0.473 e. The van der Waals surface area contributed by atoms with Gasteiger partial charge in [-0.1, -0.05) is 6.92 Å². The van der Waals surface area contributed by atoms with Crippen LogP contribution in [-0.2, 0) is 0 Å². The van der Waals surface area contributed by atoms with Gasteiger partial charge in [0.2, 0.25) is 0 Å². The highest BCUT2D eigenvalue weighted by Gasteiger charge is 2.13. The molecule has 0 aliphatic rings. The van der Waals surface area contributed by atoms with Gasteiger partial charge in [0.1, 0.15) is 11.6 Å². The first kappa shape index (κ1) is 11.4. The molecular weight excluding hydrogens is 190 g/mol. The fourth-order valence-corrected chi connectivity index (χ4v) is 1.07. The van der Waals surface area contributed by atoms with E-state index in [1.54, 1.807) is 0 Å². The van der Waals surface area contributed by atoms with E-state index in [0.29, 0.717) is 11.4 Å². The van der Waals surface area contributed by atoms with Crippen LogP contribution in [0.2, 0.25) is 0 Å². The van der Waals surface area contributed by atoms with Gasteiger partial charge in [0.25, 0.3) is 5.88 Å². The average Bonchev–Trinajstić information content (AvgIpc) is 2.24. The summed E-state index contributed by atoms with van der Waals surface area (Å²) in [5.74, 6) is 0.343. The van der Waals surface area contributed by atoms with Gasteiger partial charge in [-0.3, -0.25) is 0 Å². The molecule has 0 N–H and O–H groups in total. The highest BCUT2D eigenvalue weighted by molar-refractivity contribution is 5.44. The van der Waals surface area contributed by atoms with Crippen LogP contribution in [0.4, 0.5) is 0 Å². The van der Waals surface area contributed by atoms with Crippen molar-refractivity contribution in [3.8, 4) is 11.9 Å². The molecule has 1 heterocycles. The van der Waals surface area contributed by atoms with E-state index in [2.05, 4.69) is 16.3 Å². The third-order valence-corrected chi connectivity index (χ3v) is 2.42. The van der Waals surface area contributed by atoms with Crippen molar-refractivity contribution in [3.63, 3.8) is 0 Å². The van der Waals surface area contributed by atoms with Gasteiger partial charge in [-0.05, 0) is 32.8 Å². The molecule has 0 aromatic carbocycles. The number of aryl methyl sites for hydroxylation is 1. The van der Waals surface area contributed by atoms with Crippen molar-refractivity contribution in [2.75, 3.05) is 0 Å². The maximum absolute atomic E-state index is 9.01. The molecule has 0 saturated carbocycles. The molecule has 1 unspecified atom stereocenters. The summed E-state index contributed by atoms with van der Waals surface area (Å²) in [6.07, 6.45) is 0.924. The second-order valence-corrected chi connectivity index (χ2v) is 3.54. The minimum atomic E-state index is 0.0495. The lowest BCUT2D eigenvalue weighted by molar-refractivity contribution is 0.205. The third kappa shape index (κ3) is 2.44. The number of nitrogens with zero attached hydrogens (tertiary/aromatic N) is 3. The summed E-state index contributed by atoms with van der Waals surface area (Å²) in [5.41, 5.74) is 2.09. The van der Waals surface area contributed by atoms with Crippen LogP contribution >= 0.6 is 0 Å². The van der Waals surface area contributed by atoms with E-state index in [4.69, 9.17) is 10.00 Å². The zero-order valence-electron chi connectivity index (χ0n) is 9.53. The zero-order chi connectivity index (χ0) is 11.4. The normalized spacial score (nSPS) is 11.9. The van der Waals surface area contributed by atoms with Crippen LogP contribution in [0.5, 0.6) is 5.88 Å². The Labute approximate surface area is 89.9 Å². The molecular formula is C11H15N3O. The van der Waals surface area contributed by atoms with Crippen LogP contribution in [-0.4, -0.2) is 16.3 Å². The van der Waals surface area contributed by atoms with Gasteiger partial charge in [0.15, 0.2) is 0 Å². The first-order valence-corrected chi connectivity index (χ1v) is 5.00. The fraction of sp³-hybridized carbons (Fsp3) is 0.545. The van der Waals surface area contributed by atoms with Crippen molar-refractivity contribution in [1.82, 2.24) is 10.2 Å². The first-order valence-electron chi connectivity index (χ1n) is 5.00. The molecule has 0 fully saturated rings. The molecule has 1 rings (SSSR count). The van der Waals surface area contributed by atoms with Gasteiger partial charge in [-0.2, -0.15) is 10.4 Å². The van der Waals surface area contributed by atoms with E-state index in [0.717, 1.165) is 17.7 Å². The summed E-state index contributed by atoms with van der Waals surface area (Å²) in [7, 11) is 0. The molecule has 0 saturated heterocycles. The van der Waals surface area contributed by atoms with Crippen molar-refractivity contribution < 1.29 is 4.74 Å². The number of ether oxygens (including phenoxy) is 1. The first-order chi connectivity index (χ1) is 7.10. The number of nitriles is 1. The van der Waals surface area contributed by atoms with E-state index in [9.17, 15) is 0 Å². The highest BCUT2D eigenvalue weighted by atomic mass is 16.5. The Morgan fingerprint density at radius 3 is 2.60 bits per heavy atom. The lowest BCUT2D eigenvalue weighted by Gasteiger charge is -2.13. The summed E-state index contributed by atoms with van der Waals surface area (Å²) < 4.78 is 5.53. The summed E-state index contributed by atoms with van der Waals surface area (Å²) in [5, 5.41) is 16.9. The monoisotopic (exact) mass is 205 g/mol. The Kier molecular flexibility index (Phi) is 3.62. The highest BCUT2D eigenvalue weighted by Crippen LogP contribution is 2.20. The predicted molar refractivity (Wildman–Crippen MR) is 56.6 cm³/mol. The van der Waals surface area contributed by atoms with Crippen molar-refractivity contribution in [2.45, 2.75) is 40.2 Å². The molecule has 0 spiro atoms. The largest absolute Gasteiger partial charge is 0.473 e. The number of aromatic nitrogens is 2. The van der Waals surface area contributed by atoms with Crippen LogP contribution in [0.25, 0.3) is 0 Å². The Morgan fingerprint density at radius 1 is 1.40 bits per heavy atom. The van der Waals surface area contributed by atoms with Gasteiger partial charge in [0, 0.05) is 0 Å². The second kappa shape index (κ2) is 4.74. The summed E-state index contributed by atoms with van der Waals surface area (Å²) in [4.78, 5) is 0. The summed E-state index contributed by atoms with van der Waals surface area (Å²) >= 11 is 0. The Balaban J connectivity index is 3.09. The average molecular weight is 205 g/mol. The van der Waals surface area contributed by atoms with Gasteiger partial charge >= 0.3 is 0 Å². The zero-order valence-corrected chi connectivity index (χ0v) is 9.53. The molecule has 1 atom stereocenters. The molecule has 80 valence electrons. The topological polar surface area (TPSA) is 58.8 Å². The molecule has 0 amide bonds. The standard InChI is InChI=1S/C11H15N3O/c1-5-7(2)15-11-10(6-12)8(3)9(4)13-14-11/h7H,5H2,1-4H3. The Morgan fingerprint density at radius 2 is 2.07 bits per heavy atom. The van der Waals surface area contributed by atoms with E-state index >= 15 is 0 Å². The van der Waals surface area contributed by atoms with Gasteiger partial charge < -0.3 is 4.74 Å². The number of hydrogen-bond donors (Lipinski definition) is 0. The van der Waals surface area contributed by atoms with Crippen molar-refractivity contribution in [3.05, 3.63) is 16.8 Å². The number of hydrogen-bond acceptors (Lipinski definition) is 4. The van der Waals surface area contributed by atoms with Gasteiger partial charge in [0.05, 0.1) is 11.8 Å². The lowest BCUT2D eigenvalue weighted by atomic mass is 10.1. The van der Waals surface area contributed by atoms with E-state index in [1.807, 2.05) is 27.7 Å². The molecule has 15 heavy (non-hydrogen) atoms. The smallest absolute Gasteiger partial charge is 0.252 e. The summed E-state index contributed by atoms with van der Waals surface area (Å²) in [6, 6.07) is 2.11. The Hall–Kier alpha value is -1.63. The summed E-state index contributed by atoms with van der Waals surface area (Å²) in [6.45, 7) is 7.64. The van der Waals surface area contributed by atoms with Crippen LogP contribution in [0.3, 0.4) is 0 Å². The molecule has 4 heteroatoms. The van der Waals surface area contributed by atoms with E-state index in [1.165, 1.54) is 0 Å². The van der Waals surface area contributed by atoms with Crippen molar-refractivity contribution in [2.24, 2.45) is 0 Å². The molecule has 0 bridgehead atoms. The van der Waals surface area contributed by atoms with Gasteiger partial charge in [-0.25, -0.2) is 0 Å². The van der Waals surface area contributed by atoms with Crippen molar-refractivity contribution >= 4 is 0 Å². The fourth-order valence-electron chi connectivity index (χ4n) is 1.07.